The second kappa shape index (κ2) is 6.57. The minimum absolute atomic E-state index is 0.0923. The van der Waals surface area contributed by atoms with Gasteiger partial charge in [0.05, 0.1) is 11.0 Å². The summed E-state index contributed by atoms with van der Waals surface area (Å²) in [6, 6.07) is 21.0. The van der Waals surface area contributed by atoms with E-state index in [1.54, 1.807) is 24.7 Å². The molecule has 0 atom stereocenters. The lowest BCUT2D eigenvalue weighted by molar-refractivity contribution is 0.0951. The smallest absolute Gasteiger partial charge is 0.251 e. The van der Waals surface area contributed by atoms with Crippen LogP contribution in [0.4, 0.5) is 0 Å². The number of para-hydroxylation sites is 2. The molecule has 1 amide bonds. The Morgan fingerprint density at radius 1 is 0.920 bits per heavy atom. The maximum Gasteiger partial charge on any atom is 0.251 e. The van der Waals surface area contributed by atoms with Gasteiger partial charge in [0.2, 0.25) is 0 Å². The number of hydrogen-bond acceptors (Lipinski definition) is 3. The van der Waals surface area contributed by atoms with Crippen LogP contribution in [0.5, 0.6) is 0 Å². The number of nitrogens with zero attached hydrogens (tertiary/aromatic N) is 3. The van der Waals surface area contributed by atoms with Crippen molar-refractivity contribution in [1.29, 1.82) is 0 Å². The third-order valence-corrected chi connectivity index (χ3v) is 4.00. The van der Waals surface area contributed by atoms with Gasteiger partial charge in [0.1, 0.15) is 12.1 Å². The zero-order valence-electron chi connectivity index (χ0n) is 13.5. The monoisotopic (exact) mass is 328 g/mol. The number of amides is 1. The highest BCUT2D eigenvalue weighted by Gasteiger charge is 2.06. The van der Waals surface area contributed by atoms with Crippen LogP contribution in [0.25, 0.3) is 16.9 Å². The van der Waals surface area contributed by atoms with E-state index in [4.69, 9.17) is 0 Å². The summed E-state index contributed by atoms with van der Waals surface area (Å²) in [7, 11) is 0. The van der Waals surface area contributed by atoms with Crippen molar-refractivity contribution in [2.75, 3.05) is 0 Å². The molecule has 0 fully saturated rings. The minimum atomic E-state index is -0.0923. The van der Waals surface area contributed by atoms with Crippen molar-refractivity contribution in [3.63, 3.8) is 0 Å². The fraction of sp³-hybridized carbons (Fsp3) is 0.0500. The number of carbonyl (C=O) groups excluding carboxylic acids is 1. The van der Waals surface area contributed by atoms with Crippen LogP contribution in [0.3, 0.4) is 0 Å². The Morgan fingerprint density at radius 3 is 2.52 bits per heavy atom. The Kier molecular flexibility index (Phi) is 3.96. The van der Waals surface area contributed by atoms with E-state index in [-0.39, 0.29) is 5.91 Å². The average molecular weight is 328 g/mol. The zero-order valence-corrected chi connectivity index (χ0v) is 13.5. The predicted octanol–water partition coefficient (Wildman–Crippen LogP) is 3.35. The molecule has 4 aromatic rings. The predicted molar refractivity (Wildman–Crippen MR) is 96.5 cm³/mol. The molecule has 0 aliphatic heterocycles. The molecule has 5 nitrogen and oxygen atoms in total. The molecule has 1 N–H and O–H groups in total. The van der Waals surface area contributed by atoms with E-state index in [2.05, 4.69) is 15.3 Å². The van der Waals surface area contributed by atoms with Crippen molar-refractivity contribution >= 4 is 16.9 Å². The number of rotatable bonds is 4. The van der Waals surface area contributed by atoms with E-state index < -0.39 is 0 Å². The van der Waals surface area contributed by atoms with Crippen LogP contribution in [0.2, 0.25) is 0 Å². The molecule has 2 heterocycles. The summed E-state index contributed by atoms with van der Waals surface area (Å²) in [4.78, 5) is 20.9. The molecule has 2 aromatic carbocycles. The van der Waals surface area contributed by atoms with Crippen LogP contribution in [0.1, 0.15) is 15.9 Å². The molecule has 0 saturated heterocycles. The lowest BCUT2D eigenvalue weighted by atomic mass is 10.2. The molecule has 0 radical (unpaired) electrons. The summed E-state index contributed by atoms with van der Waals surface area (Å²) < 4.78 is 1.95. The summed E-state index contributed by atoms with van der Waals surface area (Å²) in [5.41, 5.74) is 3.54. The van der Waals surface area contributed by atoms with Crippen LogP contribution in [-0.2, 0) is 6.54 Å². The van der Waals surface area contributed by atoms with Gasteiger partial charge in [-0.15, -0.1) is 0 Å². The number of carbonyl (C=O) groups is 1. The molecule has 0 aliphatic rings. The molecular weight excluding hydrogens is 312 g/mol. The Hall–Kier alpha value is -3.47. The molecule has 4 rings (SSSR count). The fourth-order valence-electron chi connectivity index (χ4n) is 2.68. The quantitative estimate of drug-likeness (QED) is 0.625. The average Bonchev–Trinajstić information content (AvgIpc) is 3.11. The van der Waals surface area contributed by atoms with E-state index in [0.717, 1.165) is 22.4 Å². The van der Waals surface area contributed by atoms with Crippen LogP contribution in [-0.4, -0.2) is 20.4 Å². The molecule has 5 heteroatoms. The molecule has 0 aliphatic carbocycles. The van der Waals surface area contributed by atoms with Crippen molar-refractivity contribution in [1.82, 2.24) is 19.9 Å². The normalized spacial score (nSPS) is 10.7. The minimum Gasteiger partial charge on any atom is -0.348 e. The maximum absolute atomic E-state index is 12.1. The second-order valence-corrected chi connectivity index (χ2v) is 5.68. The highest BCUT2D eigenvalue weighted by molar-refractivity contribution is 5.94. The first-order chi connectivity index (χ1) is 12.3. The largest absolute Gasteiger partial charge is 0.348 e. The van der Waals surface area contributed by atoms with E-state index >= 15 is 0 Å². The molecular formula is C20H16N4O. The van der Waals surface area contributed by atoms with Crippen LogP contribution >= 0.6 is 0 Å². The van der Waals surface area contributed by atoms with Crippen LogP contribution < -0.4 is 5.32 Å². The van der Waals surface area contributed by atoms with Gasteiger partial charge in [0.25, 0.3) is 5.91 Å². The number of aromatic nitrogens is 3. The van der Waals surface area contributed by atoms with Gasteiger partial charge >= 0.3 is 0 Å². The number of hydrogen-bond donors (Lipinski definition) is 1. The number of pyridine rings is 1. The summed E-state index contributed by atoms with van der Waals surface area (Å²) in [5, 5.41) is 2.90. The summed E-state index contributed by atoms with van der Waals surface area (Å²) in [5.74, 6) is 0.706. The first-order valence-corrected chi connectivity index (χ1v) is 8.02. The highest BCUT2D eigenvalue weighted by atomic mass is 16.1. The van der Waals surface area contributed by atoms with Gasteiger partial charge < -0.3 is 5.32 Å². The van der Waals surface area contributed by atoms with E-state index in [1.807, 2.05) is 59.2 Å². The third-order valence-electron chi connectivity index (χ3n) is 4.00. The number of nitrogens with one attached hydrogen (secondary N) is 1. The lowest BCUT2D eigenvalue weighted by Gasteiger charge is -2.07. The third kappa shape index (κ3) is 3.12. The van der Waals surface area contributed by atoms with Crippen molar-refractivity contribution in [3.8, 4) is 5.82 Å². The molecule has 0 saturated carbocycles. The van der Waals surface area contributed by atoms with Gasteiger partial charge in [-0.05, 0) is 35.9 Å². The van der Waals surface area contributed by atoms with E-state index in [9.17, 15) is 4.79 Å². The van der Waals surface area contributed by atoms with Gasteiger partial charge in [-0.25, -0.2) is 9.97 Å². The fourth-order valence-corrected chi connectivity index (χ4v) is 2.68. The Bertz CT molecular complexity index is 1010. The Labute approximate surface area is 145 Å². The molecule has 25 heavy (non-hydrogen) atoms. The maximum atomic E-state index is 12.1. The summed E-state index contributed by atoms with van der Waals surface area (Å²) in [6.45, 7) is 0.436. The molecule has 0 bridgehead atoms. The molecule has 122 valence electrons. The summed E-state index contributed by atoms with van der Waals surface area (Å²) in [6.07, 6.45) is 3.54. The highest BCUT2D eigenvalue weighted by Crippen LogP contribution is 2.16. The van der Waals surface area contributed by atoms with Gasteiger partial charge in [0, 0.05) is 18.3 Å². The standard InChI is InChI=1S/C20H16N4O/c25-20(16-6-2-1-3-7-16)22-13-15-10-11-19(21-12-15)24-14-23-17-8-4-5-9-18(17)24/h1-12,14H,13H2,(H,22,25). The van der Waals surface area contributed by atoms with Gasteiger partial charge in [0.15, 0.2) is 0 Å². The number of benzene rings is 2. The Balaban J connectivity index is 1.48. The molecule has 0 spiro atoms. The topological polar surface area (TPSA) is 59.8 Å². The summed E-state index contributed by atoms with van der Waals surface area (Å²) >= 11 is 0. The van der Waals surface area contributed by atoms with Crippen molar-refractivity contribution < 1.29 is 4.79 Å². The van der Waals surface area contributed by atoms with Crippen LogP contribution in [0, 0.1) is 0 Å². The van der Waals surface area contributed by atoms with Gasteiger partial charge in [-0.3, -0.25) is 9.36 Å². The number of fused-ring (bicyclic) bond motifs is 1. The van der Waals surface area contributed by atoms with Gasteiger partial charge in [-0.1, -0.05) is 36.4 Å². The SMILES string of the molecule is O=C(NCc1ccc(-n2cnc3ccccc32)nc1)c1ccccc1. The van der Waals surface area contributed by atoms with E-state index in [0.29, 0.717) is 12.1 Å². The zero-order chi connectivity index (χ0) is 17.1. The molecule has 2 aromatic heterocycles. The van der Waals surface area contributed by atoms with Crippen LogP contribution in [0.15, 0.2) is 79.3 Å². The number of imidazole rings is 1. The van der Waals surface area contributed by atoms with Gasteiger partial charge in [-0.2, -0.15) is 0 Å². The molecule has 0 unspecified atom stereocenters. The Morgan fingerprint density at radius 2 is 1.72 bits per heavy atom. The first kappa shape index (κ1) is 15.1. The van der Waals surface area contributed by atoms with Crippen molar-refractivity contribution in [2.24, 2.45) is 0 Å². The van der Waals surface area contributed by atoms with Crippen molar-refractivity contribution in [2.45, 2.75) is 6.54 Å². The first-order valence-electron chi connectivity index (χ1n) is 8.02. The van der Waals surface area contributed by atoms with E-state index in [1.165, 1.54) is 0 Å². The second-order valence-electron chi connectivity index (χ2n) is 5.68. The van der Waals surface area contributed by atoms with Crippen molar-refractivity contribution in [3.05, 3.63) is 90.4 Å². The lowest BCUT2D eigenvalue weighted by Crippen LogP contribution is -2.22.